The number of carboxylic acid groups (broad SMARTS) is 1. The molecule has 0 spiro atoms. The summed E-state index contributed by atoms with van der Waals surface area (Å²) in [5, 5.41) is 16.6. The molecule has 2 amide bonds. The lowest BCUT2D eigenvalue weighted by Crippen LogP contribution is -2.40. The standard InChI is InChI=1S/C23H29N5O4.C12H23N/c1-32-20-9-7-17(15-25-20)19(14-21(29)30)28-13-12-27(23(28)31)11-3-5-18-8-6-16-4-2-10-24-22(16)26-18;1-3-7-11(8-4-1)13-12-9-5-2-6-10-12/h6-9,15,19H,2-5,10-14H2,1H3,(H,24,26)(H,29,30);11-13H,1-10H2/t19-;/m1./s1. The number of carboxylic acids is 1. The van der Waals surface area contributed by atoms with E-state index in [9.17, 15) is 14.7 Å². The molecule has 2 saturated carbocycles. The molecule has 2 aliphatic carbocycles. The summed E-state index contributed by atoms with van der Waals surface area (Å²) in [5.74, 6) is 0.481. The van der Waals surface area contributed by atoms with E-state index in [1.807, 2.05) is 0 Å². The van der Waals surface area contributed by atoms with E-state index in [1.165, 1.54) is 76.9 Å². The van der Waals surface area contributed by atoms with E-state index in [-0.39, 0.29) is 12.5 Å². The molecular formula is C35H52N6O4. The summed E-state index contributed by atoms with van der Waals surface area (Å²) in [5.41, 5.74) is 2.98. The van der Waals surface area contributed by atoms with Crippen LogP contribution in [0.15, 0.2) is 30.5 Å². The molecule has 45 heavy (non-hydrogen) atoms. The number of carbonyl (C=O) groups is 2. The number of fused-ring (bicyclic) bond motifs is 1. The van der Waals surface area contributed by atoms with Gasteiger partial charge in [-0.1, -0.05) is 50.7 Å². The second-order valence-corrected chi connectivity index (χ2v) is 13.0. The number of amides is 2. The average Bonchev–Trinajstić information content (AvgIpc) is 3.44. The van der Waals surface area contributed by atoms with Crippen LogP contribution in [0.2, 0.25) is 0 Å². The maximum Gasteiger partial charge on any atom is 0.320 e. The zero-order valence-electron chi connectivity index (χ0n) is 27.0. The van der Waals surface area contributed by atoms with Crippen molar-refractivity contribution in [1.29, 1.82) is 0 Å². The quantitative estimate of drug-likeness (QED) is 0.281. The summed E-state index contributed by atoms with van der Waals surface area (Å²) in [6.07, 6.45) is 19.8. The molecule has 6 rings (SSSR count). The van der Waals surface area contributed by atoms with Crippen molar-refractivity contribution in [2.45, 2.75) is 114 Å². The fraction of sp³-hybridized carbons (Fsp3) is 0.657. The molecule has 0 unspecified atom stereocenters. The number of ether oxygens (including phenoxy) is 1. The number of aromatic nitrogens is 2. The van der Waals surface area contributed by atoms with Crippen LogP contribution in [0.5, 0.6) is 5.88 Å². The van der Waals surface area contributed by atoms with Gasteiger partial charge >= 0.3 is 12.0 Å². The lowest BCUT2D eigenvalue weighted by molar-refractivity contribution is -0.138. The molecule has 1 atom stereocenters. The van der Waals surface area contributed by atoms with E-state index in [4.69, 9.17) is 9.72 Å². The van der Waals surface area contributed by atoms with Crippen LogP contribution in [0.25, 0.3) is 0 Å². The fourth-order valence-electron chi connectivity index (χ4n) is 7.21. The Bertz CT molecular complexity index is 1210. The Labute approximate surface area is 268 Å². The first-order valence-corrected chi connectivity index (χ1v) is 17.3. The minimum Gasteiger partial charge on any atom is -0.481 e. The summed E-state index contributed by atoms with van der Waals surface area (Å²) in [6.45, 7) is 2.65. The third-order valence-corrected chi connectivity index (χ3v) is 9.72. The zero-order valence-corrected chi connectivity index (χ0v) is 27.0. The van der Waals surface area contributed by atoms with Crippen molar-refractivity contribution in [3.8, 4) is 5.88 Å². The summed E-state index contributed by atoms with van der Waals surface area (Å²) < 4.78 is 5.08. The maximum absolute atomic E-state index is 13.0. The van der Waals surface area contributed by atoms with Crippen LogP contribution in [0.1, 0.15) is 106 Å². The van der Waals surface area contributed by atoms with Crippen LogP contribution < -0.4 is 15.4 Å². The van der Waals surface area contributed by atoms with Crippen molar-refractivity contribution < 1.29 is 19.4 Å². The van der Waals surface area contributed by atoms with Crippen molar-refractivity contribution in [1.82, 2.24) is 25.1 Å². The van der Waals surface area contributed by atoms with Gasteiger partial charge in [-0.25, -0.2) is 14.8 Å². The molecule has 0 radical (unpaired) electrons. The van der Waals surface area contributed by atoms with Crippen LogP contribution in [0, 0.1) is 0 Å². The normalized spacial score (nSPS) is 19.7. The zero-order chi connectivity index (χ0) is 31.4. The highest BCUT2D eigenvalue weighted by molar-refractivity contribution is 5.78. The van der Waals surface area contributed by atoms with Gasteiger partial charge in [0.2, 0.25) is 5.88 Å². The van der Waals surface area contributed by atoms with Gasteiger partial charge in [0.15, 0.2) is 0 Å². The largest absolute Gasteiger partial charge is 0.481 e. The summed E-state index contributed by atoms with van der Waals surface area (Å²) in [4.78, 5) is 36.8. The number of hydrogen-bond donors (Lipinski definition) is 3. The highest BCUT2D eigenvalue weighted by atomic mass is 16.5. The van der Waals surface area contributed by atoms with Crippen molar-refractivity contribution in [2.75, 3.05) is 38.6 Å². The molecule has 4 aliphatic rings. The molecule has 3 N–H and O–H groups in total. The van der Waals surface area contributed by atoms with Gasteiger partial charge in [0.25, 0.3) is 0 Å². The van der Waals surface area contributed by atoms with Gasteiger partial charge in [0, 0.05) is 56.2 Å². The number of nitrogens with one attached hydrogen (secondary N) is 2. The third kappa shape index (κ3) is 9.55. The van der Waals surface area contributed by atoms with E-state index >= 15 is 0 Å². The molecule has 2 aliphatic heterocycles. The summed E-state index contributed by atoms with van der Waals surface area (Å²) >= 11 is 0. The molecule has 246 valence electrons. The topological polar surface area (TPSA) is 120 Å². The van der Waals surface area contributed by atoms with Gasteiger partial charge in [-0.3, -0.25) is 4.79 Å². The van der Waals surface area contributed by atoms with Crippen LogP contribution in [0.3, 0.4) is 0 Å². The smallest absolute Gasteiger partial charge is 0.320 e. The van der Waals surface area contributed by atoms with E-state index in [2.05, 4.69) is 27.8 Å². The molecular weight excluding hydrogens is 568 g/mol. The summed E-state index contributed by atoms with van der Waals surface area (Å²) in [6, 6.07) is 8.72. The van der Waals surface area contributed by atoms with E-state index in [1.54, 1.807) is 28.1 Å². The molecule has 3 fully saturated rings. The lowest BCUT2D eigenvalue weighted by Gasteiger charge is -2.30. The van der Waals surface area contributed by atoms with Gasteiger partial charge in [-0.15, -0.1) is 0 Å². The Morgan fingerprint density at radius 2 is 1.76 bits per heavy atom. The predicted molar refractivity (Wildman–Crippen MR) is 176 cm³/mol. The van der Waals surface area contributed by atoms with Crippen molar-refractivity contribution in [3.63, 3.8) is 0 Å². The maximum atomic E-state index is 13.0. The second kappa shape index (κ2) is 16.8. The van der Waals surface area contributed by atoms with E-state index in [0.29, 0.717) is 31.1 Å². The number of anilines is 1. The SMILES string of the molecule is C1CCC(NC2CCCCC2)CC1.COc1ccc([C@@H](CC(=O)O)N2CCN(CCCc3ccc4c(n3)NCCC4)C2=O)cn1. The number of hydrogen-bond acceptors (Lipinski definition) is 7. The molecule has 10 heteroatoms. The highest BCUT2D eigenvalue weighted by Crippen LogP contribution is 2.29. The Hall–Kier alpha value is -3.40. The third-order valence-electron chi connectivity index (χ3n) is 9.72. The molecule has 10 nitrogen and oxygen atoms in total. The van der Waals surface area contributed by atoms with Crippen LogP contribution in [-0.2, 0) is 17.6 Å². The number of urea groups is 1. The van der Waals surface area contributed by atoms with E-state index < -0.39 is 12.0 Å². The van der Waals surface area contributed by atoms with Gasteiger partial charge < -0.3 is 30.3 Å². The monoisotopic (exact) mass is 620 g/mol. The number of carbonyl (C=O) groups excluding carboxylic acids is 1. The molecule has 1 saturated heterocycles. The Morgan fingerprint density at radius 3 is 2.40 bits per heavy atom. The molecule has 0 aromatic carbocycles. The number of aryl methyl sites for hydroxylation is 2. The Balaban J connectivity index is 0.000000256. The number of rotatable bonds is 11. The number of aliphatic carboxylic acids is 1. The van der Waals surface area contributed by atoms with Crippen molar-refractivity contribution in [2.24, 2.45) is 0 Å². The molecule has 2 aromatic heterocycles. The first-order valence-electron chi connectivity index (χ1n) is 17.3. The Morgan fingerprint density at radius 1 is 1.02 bits per heavy atom. The van der Waals surface area contributed by atoms with Gasteiger partial charge in [-0.05, 0) is 68.6 Å². The van der Waals surface area contributed by atoms with Crippen molar-refractivity contribution >= 4 is 17.8 Å². The van der Waals surface area contributed by atoms with Crippen molar-refractivity contribution in [3.05, 3.63) is 47.3 Å². The molecule has 0 bridgehead atoms. The molecule has 4 heterocycles. The first kappa shape index (κ1) is 33.0. The van der Waals surface area contributed by atoms with Crippen LogP contribution in [0.4, 0.5) is 10.6 Å². The van der Waals surface area contributed by atoms with Crippen LogP contribution >= 0.6 is 0 Å². The number of methoxy groups -OCH3 is 1. The average molecular weight is 621 g/mol. The number of nitrogens with zero attached hydrogens (tertiary/aromatic N) is 4. The fourth-order valence-corrected chi connectivity index (χ4v) is 7.21. The highest BCUT2D eigenvalue weighted by Gasteiger charge is 2.35. The van der Waals surface area contributed by atoms with Gasteiger partial charge in [-0.2, -0.15) is 0 Å². The summed E-state index contributed by atoms with van der Waals surface area (Å²) in [7, 11) is 1.52. The van der Waals surface area contributed by atoms with E-state index in [0.717, 1.165) is 55.8 Å². The van der Waals surface area contributed by atoms with Gasteiger partial charge in [0.1, 0.15) is 5.82 Å². The minimum absolute atomic E-state index is 0.132. The lowest BCUT2D eigenvalue weighted by atomic mass is 9.91. The Kier molecular flexibility index (Phi) is 12.3. The van der Waals surface area contributed by atoms with Crippen LogP contribution in [-0.4, -0.2) is 82.2 Å². The number of pyridine rings is 2. The van der Waals surface area contributed by atoms with Gasteiger partial charge in [0.05, 0.1) is 19.6 Å². The molecule has 2 aromatic rings. The minimum atomic E-state index is -0.954. The second-order valence-electron chi connectivity index (χ2n) is 13.0. The first-order chi connectivity index (χ1) is 22.0. The predicted octanol–water partition coefficient (Wildman–Crippen LogP) is 5.97.